The molecule has 1 saturated heterocycles. The predicted molar refractivity (Wildman–Crippen MR) is 171 cm³/mol. The van der Waals surface area contributed by atoms with Crippen LogP contribution in [0.5, 0.6) is 11.5 Å². The number of anilines is 1. The number of carboxylic acid groups (broad SMARTS) is 2. The summed E-state index contributed by atoms with van der Waals surface area (Å²) in [6.07, 6.45) is 1.37. The van der Waals surface area contributed by atoms with Gasteiger partial charge in [-0.05, 0) is 36.3 Å². The lowest BCUT2D eigenvalue weighted by molar-refractivity contribution is -0.150. The molecule has 4 aromatic rings. The maximum absolute atomic E-state index is 13.4. The summed E-state index contributed by atoms with van der Waals surface area (Å²) >= 11 is 3.62. The summed E-state index contributed by atoms with van der Waals surface area (Å²) in [5.41, 5.74) is 5.99. The van der Waals surface area contributed by atoms with E-state index in [1.54, 1.807) is 17.5 Å². The molecule has 48 heavy (non-hydrogen) atoms. The van der Waals surface area contributed by atoms with Crippen LogP contribution in [0.3, 0.4) is 0 Å². The van der Waals surface area contributed by atoms with E-state index in [4.69, 9.17) is 10.6 Å². The number of thiazole rings is 1. The number of β-lactam (4-membered cyclic amide) rings is 1. The monoisotopic (exact) mass is 713 g/mol. The first-order valence-corrected chi connectivity index (χ1v) is 16.5. The van der Waals surface area contributed by atoms with Gasteiger partial charge in [0.25, 0.3) is 17.6 Å². The summed E-state index contributed by atoms with van der Waals surface area (Å²) in [5.74, 6) is -4.89. The third kappa shape index (κ3) is 6.16. The quantitative estimate of drug-likeness (QED) is 0.0316. The summed E-state index contributed by atoms with van der Waals surface area (Å²) in [6.45, 7) is 1.38. The number of hydrogen-bond acceptors (Lipinski definition) is 16. The number of fused-ring (bicyclic) bond motifs is 2. The predicted octanol–water partition coefficient (Wildman–Crippen LogP) is 1.03. The first-order valence-electron chi connectivity index (χ1n) is 13.6. The minimum atomic E-state index is -1.49. The smallest absolute Gasteiger partial charge is 0.352 e. The van der Waals surface area contributed by atoms with Crippen molar-refractivity contribution in [3.8, 4) is 11.5 Å². The lowest BCUT2D eigenvalue weighted by Crippen LogP contribution is -2.71. The number of nitrogens with two attached hydrogens (primary N) is 1. The van der Waals surface area contributed by atoms with Crippen molar-refractivity contribution in [3.05, 3.63) is 63.7 Å². The molecule has 5 heterocycles. The number of phenols is 2. The number of aromatic carboxylic acids is 1. The van der Waals surface area contributed by atoms with Gasteiger partial charge in [-0.3, -0.25) is 14.5 Å². The Morgan fingerprint density at radius 2 is 1.98 bits per heavy atom. The van der Waals surface area contributed by atoms with Crippen LogP contribution in [-0.2, 0) is 25.8 Å². The summed E-state index contributed by atoms with van der Waals surface area (Å²) < 4.78 is 1.54. The standard InChI is InChI=1S/C27H23N9O9S3/c1-10-2-16(36-27(31-10)29-9-30-36)46-6-12-7-47-23-18(22(40)35(23)19(12)25(43)44)33-21(39)17(14-8-48-26(28)32-14)34-45-5-11-3-13(24(41)42)20(38)15(37)4-11/h2-4,8-9,18,23,37-38H,5-7H2,1H3,(H2,28,32)(H,33,39)(H,41,42)(H,43,44)/t18-,23-/m1/s1. The van der Waals surface area contributed by atoms with Crippen LogP contribution in [0.2, 0.25) is 0 Å². The Labute approximate surface area is 281 Å². The Bertz CT molecular complexity index is 2060. The molecule has 3 aromatic heterocycles. The zero-order chi connectivity index (χ0) is 34.3. The van der Waals surface area contributed by atoms with E-state index in [1.165, 1.54) is 35.2 Å². The molecule has 0 saturated carbocycles. The van der Waals surface area contributed by atoms with E-state index in [9.17, 15) is 39.6 Å². The maximum Gasteiger partial charge on any atom is 0.352 e. The zero-order valence-corrected chi connectivity index (χ0v) is 26.9. The van der Waals surface area contributed by atoms with Crippen LogP contribution in [0.25, 0.3) is 5.78 Å². The number of aliphatic carboxylic acids is 1. The number of hydrogen-bond donors (Lipinski definition) is 6. The zero-order valence-electron chi connectivity index (χ0n) is 24.4. The third-order valence-electron chi connectivity index (χ3n) is 7.02. The number of nitrogens with one attached hydrogen (secondary N) is 1. The van der Waals surface area contributed by atoms with Gasteiger partial charge in [-0.15, -0.1) is 34.9 Å². The highest BCUT2D eigenvalue weighted by Gasteiger charge is 2.54. The second-order valence-electron chi connectivity index (χ2n) is 10.2. The van der Waals surface area contributed by atoms with E-state index in [-0.39, 0.29) is 39.3 Å². The van der Waals surface area contributed by atoms with Gasteiger partial charge in [0, 0.05) is 22.6 Å². The fraction of sp³-hybridized carbons (Fsp3) is 0.222. The van der Waals surface area contributed by atoms with Crippen LogP contribution in [0, 0.1) is 6.92 Å². The van der Waals surface area contributed by atoms with Crippen molar-refractivity contribution in [2.45, 2.75) is 30.0 Å². The van der Waals surface area contributed by atoms with Crippen LogP contribution in [0.4, 0.5) is 5.13 Å². The molecule has 0 radical (unpaired) electrons. The third-order valence-corrected chi connectivity index (χ3v) is 10.1. The lowest BCUT2D eigenvalue weighted by Gasteiger charge is -2.49. The van der Waals surface area contributed by atoms with Gasteiger partial charge in [0.05, 0.1) is 0 Å². The number of carbonyl (C=O) groups is 4. The Morgan fingerprint density at radius 1 is 1.19 bits per heavy atom. The van der Waals surface area contributed by atoms with Crippen LogP contribution in [-0.4, -0.2) is 102 Å². The summed E-state index contributed by atoms with van der Waals surface area (Å²) in [6, 6.07) is 2.82. The Kier molecular flexibility index (Phi) is 8.81. The van der Waals surface area contributed by atoms with Crippen molar-refractivity contribution >= 4 is 75.2 Å². The SMILES string of the molecule is Cc1cc(SCC2=C(C(=O)O)N3C(=O)[C@@H](NC(=O)C(=NOCc4cc(O)c(O)c(C(=O)O)c4)c4csc(N)n4)[C@H]3SC2)n2ncnc2n1. The number of phenolic OH excluding ortho intramolecular Hbond substituents is 1. The van der Waals surface area contributed by atoms with Crippen molar-refractivity contribution in [3.63, 3.8) is 0 Å². The fourth-order valence-corrected chi connectivity index (χ4v) is 7.95. The number of carboxylic acids is 2. The average Bonchev–Trinajstić information content (AvgIpc) is 3.70. The van der Waals surface area contributed by atoms with E-state index in [1.807, 2.05) is 0 Å². The number of oxime groups is 1. The molecule has 2 atom stereocenters. The molecule has 2 amide bonds. The maximum atomic E-state index is 13.4. The van der Waals surface area contributed by atoms with Crippen molar-refractivity contribution in [2.24, 2.45) is 5.16 Å². The molecule has 1 fully saturated rings. The van der Waals surface area contributed by atoms with Crippen LogP contribution in [0.1, 0.15) is 27.3 Å². The van der Waals surface area contributed by atoms with Crippen LogP contribution in [0.15, 0.2) is 51.4 Å². The molecule has 7 N–H and O–H groups in total. The normalized spacial score (nSPS) is 17.6. The number of nitrogens with zero attached hydrogens (tertiary/aromatic N) is 7. The number of benzene rings is 1. The van der Waals surface area contributed by atoms with Gasteiger partial charge in [0.1, 0.15) is 46.3 Å². The van der Waals surface area contributed by atoms with Crippen molar-refractivity contribution in [2.75, 3.05) is 17.2 Å². The Morgan fingerprint density at radius 3 is 2.69 bits per heavy atom. The Hall–Kier alpha value is -5.41. The van der Waals surface area contributed by atoms with Crippen molar-refractivity contribution in [1.82, 2.24) is 34.8 Å². The van der Waals surface area contributed by atoms with E-state index >= 15 is 0 Å². The molecule has 1 aromatic carbocycles. The number of aryl methyl sites for hydroxylation is 1. The van der Waals surface area contributed by atoms with Crippen LogP contribution < -0.4 is 11.1 Å². The molecular formula is C27H23N9O9S3. The molecule has 2 aliphatic heterocycles. The molecule has 21 heteroatoms. The molecule has 0 spiro atoms. The second kappa shape index (κ2) is 13.0. The Balaban J connectivity index is 1.18. The minimum absolute atomic E-state index is 0.0213. The lowest BCUT2D eigenvalue weighted by atomic mass is 10.0. The van der Waals surface area contributed by atoms with Crippen molar-refractivity contribution in [1.29, 1.82) is 0 Å². The summed E-state index contributed by atoms with van der Waals surface area (Å²) in [4.78, 5) is 69.4. The highest BCUT2D eigenvalue weighted by molar-refractivity contribution is 8.01. The molecule has 0 unspecified atom stereocenters. The van der Waals surface area contributed by atoms with E-state index in [0.717, 1.165) is 28.4 Å². The summed E-state index contributed by atoms with van der Waals surface area (Å²) in [5, 5.41) is 51.1. The number of aromatic nitrogens is 5. The van der Waals surface area contributed by atoms with Gasteiger partial charge >= 0.3 is 11.9 Å². The molecule has 0 bridgehead atoms. The number of amides is 2. The van der Waals surface area contributed by atoms with Gasteiger partial charge in [-0.25, -0.2) is 19.6 Å². The molecule has 18 nitrogen and oxygen atoms in total. The summed E-state index contributed by atoms with van der Waals surface area (Å²) in [7, 11) is 0. The highest BCUT2D eigenvalue weighted by Crippen LogP contribution is 2.41. The van der Waals surface area contributed by atoms with Crippen LogP contribution >= 0.6 is 34.9 Å². The van der Waals surface area contributed by atoms with Crippen molar-refractivity contribution < 1.29 is 44.4 Å². The van der Waals surface area contributed by atoms with E-state index in [2.05, 4.69) is 30.5 Å². The van der Waals surface area contributed by atoms with E-state index in [0.29, 0.717) is 22.1 Å². The second-order valence-corrected chi connectivity index (χ2v) is 13.2. The van der Waals surface area contributed by atoms with Gasteiger partial charge in [-0.1, -0.05) is 5.16 Å². The molecule has 6 rings (SSSR count). The first kappa shape index (κ1) is 32.5. The van der Waals surface area contributed by atoms with Gasteiger partial charge < -0.3 is 36.3 Å². The number of aromatic hydroxyl groups is 2. The first-order chi connectivity index (χ1) is 22.9. The molecular weight excluding hydrogens is 691 g/mol. The molecule has 0 aliphatic carbocycles. The largest absolute Gasteiger partial charge is 0.504 e. The highest BCUT2D eigenvalue weighted by atomic mass is 32.2. The molecule has 248 valence electrons. The topological polar surface area (TPSA) is 268 Å². The average molecular weight is 714 g/mol. The number of carbonyl (C=O) groups excluding carboxylic acids is 2. The minimum Gasteiger partial charge on any atom is -0.504 e. The number of nitrogen functional groups attached to an aromatic ring is 1. The molecule has 2 aliphatic rings. The fourth-order valence-electron chi connectivity index (χ4n) is 4.86. The number of thioether (sulfide) groups is 2. The van der Waals surface area contributed by atoms with E-state index < -0.39 is 58.8 Å². The number of rotatable bonds is 11. The van der Waals surface area contributed by atoms with Gasteiger partial charge in [-0.2, -0.15) is 14.6 Å². The van der Waals surface area contributed by atoms with Gasteiger partial charge in [0.15, 0.2) is 22.3 Å². The van der Waals surface area contributed by atoms with Gasteiger partial charge in [0.2, 0.25) is 0 Å².